The maximum absolute atomic E-state index is 12.2. The van der Waals surface area contributed by atoms with Crippen LogP contribution in [0.3, 0.4) is 0 Å². The van der Waals surface area contributed by atoms with Crippen LogP contribution in [0.4, 0.5) is 5.69 Å². The summed E-state index contributed by atoms with van der Waals surface area (Å²) in [6.07, 6.45) is 1.80. The van der Waals surface area contributed by atoms with Crippen molar-refractivity contribution in [3.05, 3.63) is 58.0 Å². The fourth-order valence-corrected chi connectivity index (χ4v) is 3.45. The lowest BCUT2D eigenvalue weighted by molar-refractivity contribution is -0.115. The Hall–Kier alpha value is -2.44. The summed E-state index contributed by atoms with van der Waals surface area (Å²) in [5.41, 5.74) is 1.48. The number of amides is 1. The Morgan fingerprint density at radius 2 is 1.92 bits per heavy atom. The van der Waals surface area contributed by atoms with Gasteiger partial charge in [0.2, 0.25) is 0 Å². The van der Waals surface area contributed by atoms with Gasteiger partial charge in [0, 0.05) is 0 Å². The Morgan fingerprint density at radius 3 is 2.76 bits per heavy atom. The molecule has 1 fully saturated rings. The molecule has 5 nitrogen and oxygen atoms in total. The molecule has 4 rings (SSSR count). The maximum Gasteiger partial charge on any atom is 0.264 e. The molecule has 25 heavy (non-hydrogen) atoms. The Kier molecular flexibility index (Phi) is 4.38. The van der Waals surface area contributed by atoms with Crippen LogP contribution in [0.5, 0.6) is 11.5 Å². The van der Waals surface area contributed by atoms with E-state index in [4.69, 9.17) is 21.1 Å². The highest BCUT2D eigenvalue weighted by atomic mass is 35.5. The highest BCUT2D eigenvalue weighted by Gasteiger charge is 2.24. The van der Waals surface area contributed by atoms with E-state index in [1.54, 1.807) is 18.2 Å². The summed E-state index contributed by atoms with van der Waals surface area (Å²) < 4.78 is 11.1. The predicted molar refractivity (Wildman–Crippen MR) is 99.7 cm³/mol. The molecular weight excluding hydrogens is 360 g/mol. The summed E-state index contributed by atoms with van der Waals surface area (Å²) in [6, 6.07) is 12.8. The molecule has 0 unspecified atom stereocenters. The second-order valence-electron chi connectivity index (χ2n) is 5.34. The molecule has 0 radical (unpaired) electrons. The van der Waals surface area contributed by atoms with Crippen LogP contribution in [0.1, 0.15) is 5.56 Å². The molecule has 0 aliphatic carbocycles. The van der Waals surface area contributed by atoms with Gasteiger partial charge in [0.1, 0.15) is 13.2 Å². The van der Waals surface area contributed by atoms with Crippen LogP contribution in [0.2, 0.25) is 5.02 Å². The van der Waals surface area contributed by atoms with Crippen molar-refractivity contribution in [2.75, 3.05) is 13.2 Å². The van der Waals surface area contributed by atoms with E-state index in [2.05, 4.69) is 10.3 Å². The van der Waals surface area contributed by atoms with Gasteiger partial charge in [-0.2, -0.15) is 0 Å². The molecule has 0 atom stereocenters. The minimum Gasteiger partial charge on any atom is -0.486 e. The summed E-state index contributed by atoms with van der Waals surface area (Å²) in [4.78, 5) is 17.1. The van der Waals surface area contributed by atoms with Crippen molar-refractivity contribution in [2.24, 2.45) is 4.99 Å². The largest absolute Gasteiger partial charge is 0.486 e. The van der Waals surface area contributed by atoms with Crippen LogP contribution in [-0.4, -0.2) is 24.3 Å². The van der Waals surface area contributed by atoms with Gasteiger partial charge in [0.15, 0.2) is 16.7 Å². The summed E-state index contributed by atoms with van der Waals surface area (Å²) in [7, 11) is 0. The first kappa shape index (κ1) is 16.1. The minimum absolute atomic E-state index is 0.189. The SMILES string of the molecule is O=C1N/C(=N/c2ccccc2Cl)S/C1=C\c1ccc2c(c1)OCCO2. The lowest BCUT2D eigenvalue weighted by Crippen LogP contribution is -2.19. The van der Waals surface area contributed by atoms with Crippen molar-refractivity contribution in [3.63, 3.8) is 0 Å². The van der Waals surface area contributed by atoms with Crippen LogP contribution in [0.25, 0.3) is 6.08 Å². The molecule has 2 aliphatic rings. The molecular formula is C18H13ClN2O3S. The lowest BCUT2D eigenvalue weighted by Gasteiger charge is -2.18. The highest BCUT2D eigenvalue weighted by Crippen LogP contribution is 2.34. The number of aliphatic imine (C=N–C) groups is 1. The third-order valence-electron chi connectivity index (χ3n) is 3.59. The molecule has 1 saturated heterocycles. The van der Waals surface area contributed by atoms with Gasteiger partial charge in [-0.05, 0) is 47.7 Å². The summed E-state index contributed by atoms with van der Waals surface area (Å²) >= 11 is 7.38. The topological polar surface area (TPSA) is 59.9 Å². The fourth-order valence-electron chi connectivity index (χ4n) is 2.43. The van der Waals surface area contributed by atoms with E-state index in [-0.39, 0.29) is 5.91 Å². The quantitative estimate of drug-likeness (QED) is 0.809. The zero-order chi connectivity index (χ0) is 17.2. The van der Waals surface area contributed by atoms with E-state index in [0.717, 1.165) is 11.3 Å². The summed E-state index contributed by atoms with van der Waals surface area (Å²) in [5, 5.41) is 3.79. The normalized spacial score (nSPS) is 19.3. The highest BCUT2D eigenvalue weighted by molar-refractivity contribution is 8.18. The van der Waals surface area contributed by atoms with Crippen molar-refractivity contribution in [1.29, 1.82) is 0 Å². The maximum atomic E-state index is 12.2. The molecule has 2 heterocycles. The number of carbonyl (C=O) groups excluding carboxylic acids is 1. The Labute approximate surface area is 153 Å². The van der Waals surface area contributed by atoms with E-state index in [1.807, 2.05) is 30.3 Å². The number of hydrogen-bond donors (Lipinski definition) is 1. The van der Waals surface area contributed by atoms with Crippen molar-refractivity contribution in [1.82, 2.24) is 5.32 Å². The number of halogens is 1. The van der Waals surface area contributed by atoms with Crippen molar-refractivity contribution in [3.8, 4) is 11.5 Å². The van der Waals surface area contributed by atoms with E-state index < -0.39 is 0 Å². The molecule has 2 aromatic rings. The number of nitrogens with zero attached hydrogens (tertiary/aromatic N) is 1. The van der Waals surface area contributed by atoms with Crippen LogP contribution < -0.4 is 14.8 Å². The Morgan fingerprint density at radius 1 is 1.12 bits per heavy atom. The molecule has 0 saturated carbocycles. The zero-order valence-corrected chi connectivity index (χ0v) is 14.6. The average molecular weight is 373 g/mol. The number of ether oxygens (including phenoxy) is 2. The number of nitrogens with one attached hydrogen (secondary N) is 1. The molecule has 7 heteroatoms. The second kappa shape index (κ2) is 6.82. The second-order valence-corrected chi connectivity index (χ2v) is 6.77. The molecule has 1 N–H and O–H groups in total. The van der Waals surface area contributed by atoms with E-state index in [9.17, 15) is 4.79 Å². The number of para-hydroxylation sites is 1. The molecule has 2 aromatic carbocycles. The third kappa shape index (κ3) is 3.50. The smallest absolute Gasteiger partial charge is 0.264 e. The van der Waals surface area contributed by atoms with Crippen molar-refractivity contribution in [2.45, 2.75) is 0 Å². The van der Waals surface area contributed by atoms with E-state index >= 15 is 0 Å². The number of amidine groups is 1. The van der Waals surface area contributed by atoms with E-state index in [0.29, 0.717) is 39.7 Å². The van der Waals surface area contributed by atoms with Gasteiger partial charge in [0.25, 0.3) is 5.91 Å². The van der Waals surface area contributed by atoms with Gasteiger partial charge in [-0.25, -0.2) is 4.99 Å². The van der Waals surface area contributed by atoms with Gasteiger partial charge in [-0.15, -0.1) is 0 Å². The lowest BCUT2D eigenvalue weighted by atomic mass is 10.2. The Bertz CT molecular complexity index is 911. The van der Waals surface area contributed by atoms with E-state index in [1.165, 1.54) is 11.8 Å². The van der Waals surface area contributed by atoms with Gasteiger partial charge < -0.3 is 14.8 Å². The van der Waals surface area contributed by atoms with Gasteiger partial charge in [-0.1, -0.05) is 29.8 Å². The van der Waals surface area contributed by atoms with Gasteiger partial charge >= 0.3 is 0 Å². The van der Waals surface area contributed by atoms with Crippen LogP contribution >= 0.6 is 23.4 Å². The number of carbonyl (C=O) groups is 1. The number of hydrogen-bond acceptors (Lipinski definition) is 5. The van der Waals surface area contributed by atoms with Crippen molar-refractivity contribution < 1.29 is 14.3 Å². The van der Waals surface area contributed by atoms with Gasteiger partial charge in [0.05, 0.1) is 15.6 Å². The van der Waals surface area contributed by atoms with Crippen LogP contribution in [0.15, 0.2) is 52.4 Å². The summed E-state index contributed by atoms with van der Waals surface area (Å²) in [6.45, 7) is 1.07. The van der Waals surface area contributed by atoms with Crippen LogP contribution in [0, 0.1) is 0 Å². The minimum atomic E-state index is -0.189. The molecule has 2 aliphatic heterocycles. The monoisotopic (exact) mass is 372 g/mol. The Balaban J connectivity index is 1.58. The predicted octanol–water partition coefficient (Wildman–Crippen LogP) is 4.00. The van der Waals surface area contributed by atoms with Crippen molar-refractivity contribution >= 4 is 46.2 Å². The van der Waals surface area contributed by atoms with Crippen LogP contribution in [-0.2, 0) is 4.79 Å². The number of thioether (sulfide) groups is 1. The number of rotatable bonds is 2. The van der Waals surface area contributed by atoms with Gasteiger partial charge in [-0.3, -0.25) is 4.79 Å². The molecule has 0 spiro atoms. The molecule has 0 aromatic heterocycles. The number of benzene rings is 2. The summed E-state index contributed by atoms with van der Waals surface area (Å²) in [5.74, 6) is 1.22. The fraction of sp³-hybridized carbons (Fsp3) is 0.111. The molecule has 1 amide bonds. The first-order valence-corrected chi connectivity index (χ1v) is 8.82. The standard InChI is InChI=1S/C18H13ClN2O3S/c19-12-3-1-2-4-13(12)20-18-21-17(22)16(25-18)10-11-5-6-14-15(9-11)24-8-7-23-14/h1-6,9-10H,7-8H2,(H,20,21,22)/b16-10-. The third-order valence-corrected chi connectivity index (χ3v) is 4.82. The zero-order valence-electron chi connectivity index (χ0n) is 13.0. The first-order chi connectivity index (χ1) is 12.2. The average Bonchev–Trinajstić information content (AvgIpc) is 2.96. The number of fused-ring (bicyclic) bond motifs is 1. The first-order valence-electron chi connectivity index (χ1n) is 7.63. The molecule has 0 bridgehead atoms. The molecule has 126 valence electrons.